The number of rotatable bonds is 3. The molecule has 0 bridgehead atoms. The van der Waals surface area contributed by atoms with Gasteiger partial charge in [-0.3, -0.25) is 9.59 Å². The largest absolute Gasteiger partial charge is 0.459 e. The SMILES string of the molecule is O=C(c1ccco1)N1CCN(C(=O)c2c(-n3cccc3)sc3c2CCCC3)CC1. The number of piperazine rings is 1. The molecule has 6 nitrogen and oxygen atoms in total. The number of nitrogens with zero attached hydrogens (tertiary/aromatic N) is 3. The molecule has 5 rings (SSSR count). The van der Waals surface area contributed by atoms with E-state index >= 15 is 0 Å². The van der Waals surface area contributed by atoms with Crippen molar-refractivity contribution in [2.24, 2.45) is 0 Å². The molecule has 2 amide bonds. The minimum atomic E-state index is -0.108. The van der Waals surface area contributed by atoms with Crippen LogP contribution in [0, 0.1) is 0 Å². The molecule has 0 N–H and O–H groups in total. The van der Waals surface area contributed by atoms with Crippen molar-refractivity contribution in [3.8, 4) is 5.00 Å². The summed E-state index contributed by atoms with van der Waals surface area (Å²) in [6.45, 7) is 2.13. The highest BCUT2D eigenvalue weighted by molar-refractivity contribution is 7.15. The molecule has 0 radical (unpaired) electrons. The van der Waals surface area contributed by atoms with Crippen LogP contribution in [0.5, 0.6) is 0 Å². The average Bonchev–Trinajstić information content (AvgIpc) is 3.53. The van der Waals surface area contributed by atoms with Crippen molar-refractivity contribution in [3.63, 3.8) is 0 Å². The molecule has 1 aliphatic heterocycles. The number of hydrogen-bond donors (Lipinski definition) is 0. The van der Waals surface area contributed by atoms with Crippen LogP contribution in [-0.4, -0.2) is 52.4 Å². The molecule has 2 aliphatic rings. The highest BCUT2D eigenvalue weighted by Crippen LogP contribution is 2.37. The Morgan fingerprint density at radius 1 is 0.897 bits per heavy atom. The minimum absolute atomic E-state index is 0.0956. The van der Waals surface area contributed by atoms with E-state index in [2.05, 4.69) is 4.57 Å². The summed E-state index contributed by atoms with van der Waals surface area (Å²) in [6.07, 6.45) is 9.90. The minimum Gasteiger partial charge on any atom is -0.459 e. The Labute approximate surface area is 173 Å². The molecule has 0 unspecified atom stereocenters. The Morgan fingerprint density at radius 3 is 2.28 bits per heavy atom. The highest BCUT2D eigenvalue weighted by atomic mass is 32.1. The third-order valence-corrected chi connectivity index (χ3v) is 7.10. The van der Waals surface area contributed by atoms with Gasteiger partial charge in [-0.25, -0.2) is 0 Å². The Hall–Kier alpha value is -2.80. The van der Waals surface area contributed by atoms with Crippen LogP contribution in [0.25, 0.3) is 5.00 Å². The van der Waals surface area contributed by atoms with E-state index in [0.29, 0.717) is 31.9 Å². The average molecular weight is 410 g/mol. The summed E-state index contributed by atoms with van der Waals surface area (Å²) in [4.78, 5) is 31.1. The summed E-state index contributed by atoms with van der Waals surface area (Å²) in [6, 6.07) is 7.38. The maximum Gasteiger partial charge on any atom is 0.289 e. The van der Waals surface area contributed by atoms with Crippen molar-refractivity contribution in [1.29, 1.82) is 0 Å². The van der Waals surface area contributed by atoms with Gasteiger partial charge < -0.3 is 18.8 Å². The zero-order chi connectivity index (χ0) is 19.8. The summed E-state index contributed by atoms with van der Waals surface area (Å²) in [5, 5.41) is 1.03. The molecule has 3 aromatic heterocycles. The van der Waals surface area contributed by atoms with Gasteiger partial charge in [-0.15, -0.1) is 11.3 Å². The molecule has 1 fully saturated rings. The molecule has 1 saturated heterocycles. The van der Waals surface area contributed by atoms with Crippen LogP contribution in [0.4, 0.5) is 0 Å². The summed E-state index contributed by atoms with van der Waals surface area (Å²) < 4.78 is 7.29. The van der Waals surface area contributed by atoms with E-state index < -0.39 is 0 Å². The molecule has 4 heterocycles. The number of hydrogen-bond acceptors (Lipinski definition) is 4. The first-order valence-corrected chi connectivity index (χ1v) is 10.9. The van der Waals surface area contributed by atoms with E-state index in [0.717, 1.165) is 29.8 Å². The first kappa shape index (κ1) is 18.2. The molecule has 0 saturated carbocycles. The maximum atomic E-state index is 13.6. The van der Waals surface area contributed by atoms with Gasteiger partial charge in [0.15, 0.2) is 5.76 Å². The number of furan rings is 1. The number of carbonyl (C=O) groups excluding carboxylic acids is 2. The summed E-state index contributed by atoms with van der Waals surface area (Å²) >= 11 is 1.75. The third-order valence-electron chi connectivity index (χ3n) is 5.79. The summed E-state index contributed by atoms with van der Waals surface area (Å²) in [5.74, 6) is 0.341. The van der Waals surface area contributed by atoms with Crippen LogP contribution in [0.15, 0.2) is 47.3 Å². The standard InChI is InChI=1S/C22H23N3O3S/c26-20(17-7-5-15-28-17)23-11-13-24(14-12-23)21(27)19-16-6-1-2-8-18(16)29-22(19)25-9-3-4-10-25/h3-5,7,9-10,15H,1-2,6,8,11-14H2. The number of aryl methyl sites for hydroxylation is 1. The molecule has 0 aromatic carbocycles. The number of carbonyl (C=O) groups is 2. The van der Waals surface area contributed by atoms with Crippen molar-refractivity contribution < 1.29 is 14.0 Å². The van der Waals surface area contributed by atoms with Crippen LogP contribution in [0.3, 0.4) is 0 Å². The lowest BCUT2D eigenvalue weighted by Crippen LogP contribution is -2.50. The predicted molar refractivity (Wildman–Crippen MR) is 111 cm³/mol. The third kappa shape index (κ3) is 3.29. The first-order chi connectivity index (χ1) is 14.2. The van der Waals surface area contributed by atoms with Gasteiger partial charge in [0.25, 0.3) is 11.8 Å². The van der Waals surface area contributed by atoms with Gasteiger partial charge >= 0.3 is 0 Å². The number of aromatic nitrogens is 1. The Morgan fingerprint density at radius 2 is 1.59 bits per heavy atom. The normalized spacial score (nSPS) is 16.7. The monoisotopic (exact) mass is 409 g/mol. The first-order valence-electron chi connectivity index (χ1n) is 10.1. The second-order valence-electron chi connectivity index (χ2n) is 7.54. The van der Waals surface area contributed by atoms with Crippen molar-refractivity contribution in [2.75, 3.05) is 26.2 Å². The fraction of sp³-hybridized carbons (Fsp3) is 0.364. The molecule has 29 heavy (non-hydrogen) atoms. The molecule has 150 valence electrons. The molecule has 0 atom stereocenters. The number of amides is 2. The lowest BCUT2D eigenvalue weighted by molar-refractivity contribution is 0.0517. The van der Waals surface area contributed by atoms with E-state index in [1.807, 2.05) is 29.4 Å². The van der Waals surface area contributed by atoms with Crippen molar-refractivity contribution in [2.45, 2.75) is 25.7 Å². The zero-order valence-electron chi connectivity index (χ0n) is 16.2. The van der Waals surface area contributed by atoms with Gasteiger partial charge in [-0.1, -0.05) is 0 Å². The highest BCUT2D eigenvalue weighted by Gasteiger charge is 2.32. The van der Waals surface area contributed by atoms with Gasteiger partial charge in [-0.2, -0.15) is 0 Å². The fourth-order valence-corrected chi connectivity index (χ4v) is 5.60. The van der Waals surface area contributed by atoms with Crippen LogP contribution < -0.4 is 0 Å². The lowest BCUT2D eigenvalue weighted by atomic mass is 9.95. The zero-order valence-corrected chi connectivity index (χ0v) is 17.0. The Balaban J connectivity index is 1.38. The predicted octanol–water partition coefficient (Wildman–Crippen LogP) is 3.61. The second kappa shape index (κ2) is 7.55. The smallest absolute Gasteiger partial charge is 0.289 e. The molecular formula is C22H23N3O3S. The Bertz CT molecular complexity index is 1010. The maximum absolute atomic E-state index is 13.6. The van der Waals surface area contributed by atoms with E-state index in [1.165, 1.54) is 23.1 Å². The van der Waals surface area contributed by atoms with Crippen LogP contribution >= 0.6 is 11.3 Å². The van der Waals surface area contributed by atoms with Gasteiger partial charge in [0.2, 0.25) is 0 Å². The number of thiophene rings is 1. The summed E-state index contributed by atoms with van der Waals surface area (Å²) in [7, 11) is 0. The fourth-order valence-electron chi connectivity index (χ4n) is 4.25. The van der Waals surface area contributed by atoms with E-state index in [-0.39, 0.29) is 11.8 Å². The molecule has 1 aliphatic carbocycles. The lowest BCUT2D eigenvalue weighted by Gasteiger charge is -2.34. The van der Waals surface area contributed by atoms with Gasteiger partial charge in [0.05, 0.1) is 11.8 Å². The van der Waals surface area contributed by atoms with Gasteiger partial charge in [0, 0.05) is 43.4 Å². The molecule has 0 spiro atoms. The quantitative estimate of drug-likeness (QED) is 0.664. The Kier molecular flexibility index (Phi) is 4.75. The van der Waals surface area contributed by atoms with Gasteiger partial charge in [0.1, 0.15) is 5.00 Å². The van der Waals surface area contributed by atoms with Crippen molar-refractivity contribution in [3.05, 3.63) is 64.7 Å². The number of fused-ring (bicyclic) bond motifs is 1. The molecule has 3 aromatic rings. The summed E-state index contributed by atoms with van der Waals surface area (Å²) in [5.41, 5.74) is 2.11. The topological polar surface area (TPSA) is 58.7 Å². The van der Waals surface area contributed by atoms with E-state index in [4.69, 9.17) is 4.42 Å². The van der Waals surface area contributed by atoms with Crippen molar-refractivity contribution in [1.82, 2.24) is 14.4 Å². The van der Waals surface area contributed by atoms with Crippen LogP contribution in [-0.2, 0) is 12.8 Å². The van der Waals surface area contributed by atoms with Crippen molar-refractivity contribution >= 4 is 23.2 Å². The van der Waals surface area contributed by atoms with E-state index in [1.54, 1.807) is 28.4 Å². The van der Waals surface area contributed by atoms with E-state index in [9.17, 15) is 9.59 Å². The van der Waals surface area contributed by atoms with Crippen LogP contribution in [0.1, 0.15) is 44.2 Å². The second-order valence-corrected chi connectivity index (χ2v) is 8.63. The van der Waals surface area contributed by atoms with Gasteiger partial charge in [-0.05, 0) is 55.5 Å². The van der Waals surface area contributed by atoms with Crippen LogP contribution in [0.2, 0.25) is 0 Å². The molecular weight excluding hydrogens is 386 g/mol. The molecule has 7 heteroatoms.